The van der Waals surface area contributed by atoms with Gasteiger partial charge in [-0.05, 0) is 31.0 Å². The molecule has 1 aromatic heterocycles. The molecule has 0 aliphatic heterocycles. The standard InChI is InChI=1S/C15H20BrN3O/c1-12-10-19(11-13-5-3-6-14(16)9-13)15(18-12)17-7-4-8-20-2/h3,5-6,9-10H,4,7-8,11H2,1-2H3,(H,17,18). The van der Waals surface area contributed by atoms with Gasteiger partial charge < -0.3 is 14.6 Å². The fraction of sp³-hybridized carbons (Fsp3) is 0.400. The molecule has 20 heavy (non-hydrogen) atoms. The molecule has 0 unspecified atom stereocenters. The van der Waals surface area contributed by atoms with Gasteiger partial charge in [-0.2, -0.15) is 0 Å². The van der Waals surface area contributed by atoms with Gasteiger partial charge in [-0.15, -0.1) is 0 Å². The Kier molecular flexibility index (Phi) is 5.61. The third-order valence-corrected chi connectivity index (χ3v) is 3.44. The van der Waals surface area contributed by atoms with E-state index in [1.165, 1.54) is 5.56 Å². The van der Waals surface area contributed by atoms with Crippen LogP contribution in [0.5, 0.6) is 0 Å². The molecule has 1 aromatic carbocycles. The topological polar surface area (TPSA) is 39.1 Å². The van der Waals surface area contributed by atoms with Gasteiger partial charge in [0, 0.05) is 30.9 Å². The average molecular weight is 338 g/mol. The minimum Gasteiger partial charge on any atom is -0.385 e. The number of aryl methyl sites for hydroxylation is 1. The Hall–Kier alpha value is -1.33. The minimum absolute atomic E-state index is 0.762. The Bertz CT molecular complexity index is 554. The predicted octanol–water partition coefficient (Wildman–Crippen LogP) is 3.45. The van der Waals surface area contributed by atoms with Crippen molar-refractivity contribution in [2.24, 2.45) is 0 Å². The Balaban J connectivity index is 2.03. The summed E-state index contributed by atoms with van der Waals surface area (Å²) in [5.41, 5.74) is 2.27. The quantitative estimate of drug-likeness (QED) is 0.786. The van der Waals surface area contributed by atoms with E-state index in [1.807, 2.05) is 13.0 Å². The maximum Gasteiger partial charge on any atom is 0.203 e. The number of imidazole rings is 1. The van der Waals surface area contributed by atoms with Crippen molar-refractivity contribution in [1.82, 2.24) is 9.55 Å². The number of anilines is 1. The summed E-state index contributed by atoms with van der Waals surface area (Å²) in [5, 5.41) is 3.36. The molecule has 4 nitrogen and oxygen atoms in total. The largest absolute Gasteiger partial charge is 0.385 e. The molecule has 0 radical (unpaired) electrons. The first-order valence-corrected chi connectivity index (χ1v) is 7.49. The summed E-state index contributed by atoms with van der Waals surface area (Å²) >= 11 is 3.50. The van der Waals surface area contributed by atoms with E-state index in [1.54, 1.807) is 7.11 Å². The van der Waals surface area contributed by atoms with E-state index < -0.39 is 0 Å². The molecular weight excluding hydrogens is 318 g/mol. The molecule has 0 atom stereocenters. The maximum absolute atomic E-state index is 5.05. The van der Waals surface area contributed by atoms with Crippen LogP contribution in [0.15, 0.2) is 34.9 Å². The molecule has 108 valence electrons. The van der Waals surface area contributed by atoms with Crippen molar-refractivity contribution >= 4 is 21.9 Å². The van der Waals surface area contributed by atoms with Crippen LogP contribution >= 0.6 is 15.9 Å². The number of halogens is 1. The van der Waals surface area contributed by atoms with E-state index in [0.717, 1.165) is 42.2 Å². The number of rotatable bonds is 7. The van der Waals surface area contributed by atoms with Gasteiger partial charge in [-0.3, -0.25) is 0 Å². The Morgan fingerprint density at radius 2 is 2.25 bits per heavy atom. The first-order chi connectivity index (χ1) is 9.69. The molecular formula is C15H20BrN3O. The van der Waals surface area contributed by atoms with Crippen molar-refractivity contribution in [2.45, 2.75) is 19.9 Å². The fourth-order valence-corrected chi connectivity index (χ4v) is 2.50. The molecule has 0 aliphatic rings. The van der Waals surface area contributed by atoms with Crippen LogP contribution in [-0.2, 0) is 11.3 Å². The zero-order valence-electron chi connectivity index (χ0n) is 11.9. The van der Waals surface area contributed by atoms with Crippen molar-refractivity contribution in [3.05, 3.63) is 46.2 Å². The smallest absolute Gasteiger partial charge is 0.203 e. The van der Waals surface area contributed by atoms with E-state index in [0.29, 0.717) is 0 Å². The van der Waals surface area contributed by atoms with Crippen molar-refractivity contribution in [2.75, 3.05) is 25.6 Å². The summed E-state index contributed by atoms with van der Waals surface area (Å²) in [4.78, 5) is 4.53. The van der Waals surface area contributed by atoms with E-state index in [4.69, 9.17) is 4.74 Å². The van der Waals surface area contributed by atoms with Gasteiger partial charge in [-0.1, -0.05) is 28.1 Å². The molecule has 0 fully saturated rings. The average Bonchev–Trinajstić information content (AvgIpc) is 2.75. The predicted molar refractivity (Wildman–Crippen MR) is 85.2 cm³/mol. The second-order valence-electron chi connectivity index (χ2n) is 4.74. The first kappa shape index (κ1) is 15.1. The van der Waals surface area contributed by atoms with Gasteiger partial charge >= 0.3 is 0 Å². The van der Waals surface area contributed by atoms with Crippen LogP contribution in [0.2, 0.25) is 0 Å². The highest BCUT2D eigenvalue weighted by Crippen LogP contribution is 2.16. The molecule has 1 N–H and O–H groups in total. The highest BCUT2D eigenvalue weighted by atomic mass is 79.9. The van der Waals surface area contributed by atoms with Gasteiger partial charge in [0.2, 0.25) is 5.95 Å². The van der Waals surface area contributed by atoms with Crippen LogP contribution in [-0.4, -0.2) is 29.8 Å². The lowest BCUT2D eigenvalue weighted by Gasteiger charge is -2.10. The SMILES string of the molecule is COCCCNc1nc(C)cn1Cc1cccc(Br)c1. The van der Waals surface area contributed by atoms with E-state index >= 15 is 0 Å². The van der Waals surface area contributed by atoms with Gasteiger partial charge in [0.1, 0.15) is 0 Å². The number of ether oxygens (including phenoxy) is 1. The number of nitrogens with zero attached hydrogens (tertiary/aromatic N) is 2. The third-order valence-electron chi connectivity index (χ3n) is 2.95. The second-order valence-corrected chi connectivity index (χ2v) is 5.65. The molecule has 0 amide bonds. The van der Waals surface area contributed by atoms with Gasteiger partial charge in [-0.25, -0.2) is 4.98 Å². The van der Waals surface area contributed by atoms with E-state index in [9.17, 15) is 0 Å². The lowest BCUT2D eigenvalue weighted by molar-refractivity contribution is 0.197. The highest BCUT2D eigenvalue weighted by Gasteiger charge is 2.06. The third kappa shape index (κ3) is 4.35. The second kappa shape index (κ2) is 7.45. The van der Waals surface area contributed by atoms with Crippen LogP contribution in [0, 0.1) is 6.92 Å². The zero-order chi connectivity index (χ0) is 14.4. The number of aromatic nitrogens is 2. The van der Waals surface area contributed by atoms with Crippen LogP contribution in [0.25, 0.3) is 0 Å². The summed E-state index contributed by atoms with van der Waals surface area (Å²) < 4.78 is 8.29. The van der Waals surface area contributed by atoms with Gasteiger partial charge in [0.25, 0.3) is 0 Å². The van der Waals surface area contributed by atoms with Crippen LogP contribution < -0.4 is 5.32 Å². The van der Waals surface area contributed by atoms with Crippen molar-refractivity contribution in [3.63, 3.8) is 0 Å². The number of nitrogens with one attached hydrogen (secondary N) is 1. The lowest BCUT2D eigenvalue weighted by atomic mass is 10.2. The van der Waals surface area contributed by atoms with Crippen LogP contribution in [0.1, 0.15) is 17.7 Å². The maximum atomic E-state index is 5.05. The number of hydrogen-bond donors (Lipinski definition) is 1. The summed E-state index contributed by atoms with van der Waals surface area (Å²) in [7, 11) is 1.72. The van der Waals surface area contributed by atoms with Crippen LogP contribution in [0.4, 0.5) is 5.95 Å². The van der Waals surface area contributed by atoms with Crippen molar-refractivity contribution in [1.29, 1.82) is 0 Å². The van der Waals surface area contributed by atoms with E-state index in [-0.39, 0.29) is 0 Å². The molecule has 0 aliphatic carbocycles. The molecule has 2 rings (SSSR count). The Morgan fingerprint density at radius 1 is 1.40 bits per heavy atom. The molecule has 1 heterocycles. The highest BCUT2D eigenvalue weighted by molar-refractivity contribution is 9.10. The Labute approximate surface area is 128 Å². The molecule has 0 saturated heterocycles. The molecule has 0 saturated carbocycles. The summed E-state index contributed by atoms with van der Waals surface area (Å²) in [5.74, 6) is 0.915. The normalized spacial score (nSPS) is 10.8. The van der Waals surface area contributed by atoms with Gasteiger partial charge in [0.05, 0.1) is 12.2 Å². The summed E-state index contributed by atoms with van der Waals surface area (Å²) in [6, 6.07) is 8.33. The van der Waals surface area contributed by atoms with Crippen molar-refractivity contribution < 1.29 is 4.74 Å². The molecule has 0 bridgehead atoms. The lowest BCUT2D eigenvalue weighted by Crippen LogP contribution is -2.10. The van der Waals surface area contributed by atoms with E-state index in [2.05, 4.69) is 55.2 Å². The molecule has 0 spiro atoms. The van der Waals surface area contributed by atoms with Crippen LogP contribution in [0.3, 0.4) is 0 Å². The zero-order valence-corrected chi connectivity index (χ0v) is 13.5. The van der Waals surface area contributed by atoms with Gasteiger partial charge in [0.15, 0.2) is 0 Å². The molecule has 5 heteroatoms. The fourth-order valence-electron chi connectivity index (χ4n) is 2.06. The first-order valence-electron chi connectivity index (χ1n) is 6.70. The number of benzene rings is 1. The summed E-state index contributed by atoms with van der Waals surface area (Å²) in [6.07, 6.45) is 3.04. The van der Waals surface area contributed by atoms with Crippen molar-refractivity contribution in [3.8, 4) is 0 Å². The monoisotopic (exact) mass is 337 g/mol. The molecule has 2 aromatic rings. The number of hydrogen-bond acceptors (Lipinski definition) is 3. The number of methoxy groups -OCH3 is 1. The Morgan fingerprint density at radius 3 is 3.00 bits per heavy atom. The minimum atomic E-state index is 0.762. The summed E-state index contributed by atoms with van der Waals surface area (Å²) in [6.45, 7) is 4.45.